The molecule has 1 aromatic heterocycles. The number of nitrogens with one attached hydrogen (secondary N) is 1. The van der Waals surface area contributed by atoms with Crippen LogP contribution in [0, 0.1) is 0 Å². The van der Waals surface area contributed by atoms with E-state index in [1.807, 2.05) is 54.7 Å². The summed E-state index contributed by atoms with van der Waals surface area (Å²) in [5, 5.41) is 1.01. The Hall–Kier alpha value is -2.29. The van der Waals surface area contributed by atoms with E-state index in [0.29, 0.717) is 13.0 Å². The lowest BCUT2D eigenvalue weighted by molar-refractivity contribution is 0.310. The Morgan fingerprint density at radius 3 is 2.65 bits per heavy atom. The molecule has 0 amide bonds. The van der Waals surface area contributed by atoms with Gasteiger partial charge in [-0.05, 0) is 23.3 Å². The predicted octanol–water partition coefficient (Wildman–Crippen LogP) is 4.26. The fourth-order valence-electron chi connectivity index (χ4n) is 2.36. The monoisotopic (exact) mass is 269 g/mol. The largest absolute Gasteiger partial charge is 0.488 e. The van der Waals surface area contributed by atoms with E-state index in [2.05, 4.69) is 4.98 Å². The lowest BCUT2D eigenvalue weighted by atomic mass is 10.1. The van der Waals surface area contributed by atoms with E-state index in [1.165, 1.54) is 0 Å². The minimum atomic E-state index is -0.349. The van der Waals surface area contributed by atoms with Gasteiger partial charge in [0.15, 0.2) is 0 Å². The van der Waals surface area contributed by atoms with Gasteiger partial charge in [0, 0.05) is 18.0 Å². The molecule has 0 saturated carbocycles. The lowest BCUT2D eigenvalue weighted by Gasteiger charge is -2.09. The highest BCUT2D eigenvalue weighted by Gasteiger charge is 2.08. The van der Waals surface area contributed by atoms with Gasteiger partial charge in [0.1, 0.15) is 12.4 Å². The highest BCUT2D eigenvalue weighted by molar-refractivity contribution is 5.88. The zero-order valence-electron chi connectivity index (χ0n) is 11.1. The fourth-order valence-corrected chi connectivity index (χ4v) is 2.36. The van der Waals surface area contributed by atoms with Crippen molar-refractivity contribution in [1.82, 2.24) is 4.98 Å². The van der Waals surface area contributed by atoms with Crippen molar-refractivity contribution in [2.24, 2.45) is 0 Å². The molecule has 2 aromatic carbocycles. The average Bonchev–Trinajstić information content (AvgIpc) is 2.98. The van der Waals surface area contributed by atoms with Crippen LogP contribution in [0.15, 0.2) is 54.7 Å². The first-order valence-corrected chi connectivity index (χ1v) is 6.70. The van der Waals surface area contributed by atoms with E-state index in [-0.39, 0.29) is 6.67 Å². The zero-order valence-corrected chi connectivity index (χ0v) is 11.1. The van der Waals surface area contributed by atoms with Crippen LogP contribution >= 0.6 is 0 Å². The number of rotatable bonds is 5. The molecule has 3 heteroatoms. The third-order valence-corrected chi connectivity index (χ3v) is 3.37. The number of alkyl halides is 1. The van der Waals surface area contributed by atoms with E-state index >= 15 is 0 Å². The molecule has 0 aliphatic heterocycles. The van der Waals surface area contributed by atoms with E-state index in [1.54, 1.807) is 0 Å². The second kappa shape index (κ2) is 5.78. The summed E-state index contributed by atoms with van der Waals surface area (Å²) in [4.78, 5) is 3.16. The van der Waals surface area contributed by atoms with Crippen LogP contribution in [0.1, 0.15) is 11.1 Å². The van der Waals surface area contributed by atoms with Crippen LogP contribution in [0.5, 0.6) is 5.75 Å². The molecule has 0 spiro atoms. The SMILES string of the molecule is FCCc1ccc(OCc2ccccc2)c2cc[nH]c12. The highest BCUT2D eigenvalue weighted by atomic mass is 19.1. The molecule has 3 aromatic rings. The number of hydrogen-bond acceptors (Lipinski definition) is 1. The molecule has 1 heterocycles. The van der Waals surface area contributed by atoms with E-state index in [4.69, 9.17) is 4.74 Å². The van der Waals surface area contributed by atoms with Crippen molar-refractivity contribution in [3.05, 3.63) is 65.9 Å². The summed E-state index contributed by atoms with van der Waals surface area (Å²) in [6, 6.07) is 15.9. The molecule has 0 saturated heterocycles. The number of benzene rings is 2. The first kappa shape index (κ1) is 12.7. The fraction of sp³-hybridized carbons (Fsp3) is 0.176. The number of aryl methyl sites for hydroxylation is 1. The molecular formula is C17H16FNO. The van der Waals surface area contributed by atoms with Gasteiger partial charge in [-0.25, -0.2) is 0 Å². The van der Waals surface area contributed by atoms with Gasteiger partial charge in [0.2, 0.25) is 0 Å². The van der Waals surface area contributed by atoms with Crippen molar-refractivity contribution >= 4 is 10.9 Å². The number of H-pyrrole nitrogens is 1. The standard InChI is InChI=1S/C17H16FNO/c18-10-8-14-6-7-16(15-9-11-19-17(14)15)20-12-13-4-2-1-3-5-13/h1-7,9,11,19H,8,10,12H2. The van der Waals surface area contributed by atoms with Crippen LogP contribution in [-0.4, -0.2) is 11.7 Å². The Kier molecular flexibility index (Phi) is 3.68. The van der Waals surface area contributed by atoms with Crippen molar-refractivity contribution in [1.29, 1.82) is 0 Å². The molecule has 0 fully saturated rings. The molecule has 0 aliphatic carbocycles. The number of fused-ring (bicyclic) bond motifs is 1. The van der Waals surface area contributed by atoms with Gasteiger partial charge in [-0.2, -0.15) is 0 Å². The smallest absolute Gasteiger partial charge is 0.129 e. The predicted molar refractivity (Wildman–Crippen MR) is 78.8 cm³/mol. The molecule has 3 rings (SSSR count). The molecule has 2 nitrogen and oxygen atoms in total. The van der Waals surface area contributed by atoms with Crippen molar-refractivity contribution in [3.63, 3.8) is 0 Å². The number of ether oxygens (including phenoxy) is 1. The van der Waals surface area contributed by atoms with Crippen molar-refractivity contribution in [2.75, 3.05) is 6.67 Å². The molecule has 0 bridgehead atoms. The van der Waals surface area contributed by atoms with E-state index in [9.17, 15) is 4.39 Å². The van der Waals surface area contributed by atoms with Gasteiger partial charge in [-0.3, -0.25) is 4.39 Å². The zero-order chi connectivity index (χ0) is 13.8. The molecule has 0 unspecified atom stereocenters. The third kappa shape index (κ3) is 2.52. The number of aromatic nitrogens is 1. The second-order valence-corrected chi connectivity index (χ2v) is 4.70. The summed E-state index contributed by atoms with van der Waals surface area (Å²) >= 11 is 0. The van der Waals surface area contributed by atoms with Crippen molar-refractivity contribution in [2.45, 2.75) is 13.0 Å². The Bertz CT molecular complexity index is 691. The second-order valence-electron chi connectivity index (χ2n) is 4.70. The maximum Gasteiger partial charge on any atom is 0.129 e. The maximum atomic E-state index is 12.5. The minimum Gasteiger partial charge on any atom is -0.488 e. The van der Waals surface area contributed by atoms with Gasteiger partial charge < -0.3 is 9.72 Å². The van der Waals surface area contributed by atoms with Crippen molar-refractivity contribution < 1.29 is 9.13 Å². The lowest BCUT2D eigenvalue weighted by Crippen LogP contribution is -1.96. The van der Waals surface area contributed by atoms with Crippen LogP contribution in [-0.2, 0) is 13.0 Å². The molecule has 0 radical (unpaired) electrons. The first-order chi connectivity index (χ1) is 9.88. The number of hydrogen-bond donors (Lipinski definition) is 1. The Morgan fingerprint density at radius 2 is 1.85 bits per heavy atom. The Balaban J connectivity index is 1.85. The van der Waals surface area contributed by atoms with Gasteiger partial charge >= 0.3 is 0 Å². The molecule has 0 aliphatic rings. The summed E-state index contributed by atoms with van der Waals surface area (Å²) in [6.07, 6.45) is 2.29. The molecule has 0 atom stereocenters. The van der Waals surface area contributed by atoms with Crippen LogP contribution in [0.25, 0.3) is 10.9 Å². The molecule has 102 valence electrons. The summed E-state index contributed by atoms with van der Waals surface area (Å²) in [6.45, 7) is 0.182. The summed E-state index contributed by atoms with van der Waals surface area (Å²) in [5.74, 6) is 0.827. The third-order valence-electron chi connectivity index (χ3n) is 3.37. The Morgan fingerprint density at radius 1 is 1.00 bits per heavy atom. The summed E-state index contributed by atoms with van der Waals surface area (Å²) in [5.41, 5.74) is 3.08. The van der Waals surface area contributed by atoms with E-state index in [0.717, 1.165) is 27.8 Å². The minimum absolute atomic E-state index is 0.349. The van der Waals surface area contributed by atoms with Gasteiger partial charge in [0.25, 0.3) is 0 Å². The number of aromatic amines is 1. The van der Waals surface area contributed by atoms with E-state index < -0.39 is 0 Å². The van der Waals surface area contributed by atoms with Crippen LogP contribution in [0.3, 0.4) is 0 Å². The van der Waals surface area contributed by atoms with Crippen LogP contribution < -0.4 is 4.74 Å². The number of halogens is 1. The molecule has 20 heavy (non-hydrogen) atoms. The quantitative estimate of drug-likeness (QED) is 0.735. The topological polar surface area (TPSA) is 25.0 Å². The van der Waals surface area contributed by atoms with Gasteiger partial charge in [-0.15, -0.1) is 0 Å². The highest BCUT2D eigenvalue weighted by Crippen LogP contribution is 2.28. The summed E-state index contributed by atoms with van der Waals surface area (Å²) in [7, 11) is 0. The summed E-state index contributed by atoms with van der Waals surface area (Å²) < 4.78 is 18.4. The molecular weight excluding hydrogens is 253 g/mol. The normalized spacial score (nSPS) is 10.8. The average molecular weight is 269 g/mol. The first-order valence-electron chi connectivity index (χ1n) is 6.70. The van der Waals surface area contributed by atoms with Crippen LogP contribution in [0.2, 0.25) is 0 Å². The van der Waals surface area contributed by atoms with Gasteiger partial charge in [-0.1, -0.05) is 36.4 Å². The van der Waals surface area contributed by atoms with Crippen molar-refractivity contribution in [3.8, 4) is 5.75 Å². The van der Waals surface area contributed by atoms with Crippen LogP contribution in [0.4, 0.5) is 4.39 Å². The maximum absolute atomic E-state index is 12.5. The van der Waals surface area contributed by atoms with Gasteiger partial charge in [0.05, 0.1) is 12.2 Å². The molecule has 1 N–H and O–H groups in total. The Labute approximate surface area is 117 Å².